The van der Waals surface area contributed by atoms with E-state index in [-0.39, 0.29) is 17.6 Å². The fourth-order valence-electron chi connectivity index (χ4n) is 3.83. The van der Waals surface area contributed by atoms with Gasteiger partial charge >= 0.3 is 11.7 Å². The van der Waals surface area contributed by atoms with Gasteiger partial charge in [0.05, 0.1) is 30.7 Å². The summed E-state index contributed by atoms with van der Waals surface area (Å²) in [6, 6.07) is 5.78. The van der Waals surface area contributed by atoms with Crippen LogP contribution in [0.25, 0.3) is 11.0 Å². The first kappa shape index (κ1) is 17.6. The van der Waals surface area contributed by atoms with E-state index in [1.165, 1.54) is 7.11 Å². The van der Waals surface area contributed by atoms with Gasteiger partial charge in [0.2, 0.25) is 0 Å². The summed E-state index contributed by atoms with van der Waals surface area (Å²) in [6.07, 6.45) is 3.55. The molecule has 25 heavy (non-hydrogen) atoms. The number of carbonyl (C=O) groups is 1. The van der Waals surface area contributed by atoms with Crippen molar-refractivity contribution in [3.05, 3.63) is 28.7 Å². The molecule has 1 aromatic heterocycles. The molecule has 6 heteroatoms. The Labute approximate surface area is 147 Å². The minimum atomic E-state index is -0.109. The number of aromatic nitrogens is 2. The SMILES string of the molecule is CCOc1ccc2c(c1)n(C[C@H]1CC[C@H](C(=O)OC)CC1)c(=O)n2C. The Bertz CT molecular complexity index is 813. The van der Waals surface area contributed by atoms with Gasteiger partial charge in [-0.3, -0.25) is 13.9 Å². The summed E-state index contributed by atoms with van der Waals surface area (Å²) in [5, 5.41) is 0. The second kappa shape index (κ2) is 7.33. The molecule has 0 saturated heterocycles. The Morgan fingerprint density at radius 1 is 1.20 bits per heavy atom. The lowest BCUT2D eigenvalue weighted by Gasteiger charge is -2.27. The lowest BCUT2D eigenvalue weighted by Crippen LogP contribution is -2.29. The zero-order valence-electron chi connectivity index (χ0n) is 15.2. The summed E-state index contributed by atoms with van der Waals surface area (Å²) in [7, 11) is 3.25. The van der Waals surface area contributed by atoms with Crippen LogP contribution in [0.5, 0.6) is 5.75 Å². The summed E-state index contributed by atoms with van der Waals surface area (Å²) >= 11 is 0. The number of imidazole rings is 1. The van der Waals surface area contributed by atoms with Gasteiger partial charge in [-0.15, -0.1) is 0 Å². The summed E-state index contributed by atoms with van der Waals surface area (Å²) < 4.78 is 14.0. The maximum Gasteiger partial charge on any atom is 0.328 e. The average molecular weight is 346 g/mol. The van der Waals surface area contributed by atoms with Gasteiger partial charge in [-0.2, -0.15) is 0 Å². The van der Waals surface area contributed by atoms with Gasteiger partial charge in [-0.1, -0.05) is 0 Å². The van der Waals surface area contributed by atoms with E-state index in [2.05, 4.69) is 0 Å². The van der Waals surface area contributed by atoms with Crippen LogP contribution >= 0.6 is 0 Å². The molecule has 0 spiro atoms. The van der Waals surface area contributed by atoms with Crippen LogP contribution in [0.2, 0.25) is 0 Å². The highest BCUT2D eigenvalue weighted by Crippen LogP contribution is 2.31. The molecule has 1 heterocycles. The number of fused-ring (bicyclic) bond motifs is 1. The van der Waals surface area contributed by atoms with Crippen molar-refractivity contribution in [2.75, 3.05) is 13.7 Å². The smallest absolute Gasteiger partial charge is 0.328 e. The van der Waals surface area contributed by atoms with E-state index in [0.717, 1.165) is 42.5 Å². The predicted molar refractivity (Wildman–Crippen MR) is 95.8 cm³/mol. The Hall–Kier alpha value is -2.24. The molecule has 0 N–H and O–H groups in total. The number of ether oxygens (including phenoxy) is 2. The molecule has 1 aliphatic carbocycles. The Balaban J connectivity index is 1.82. The molecule has 2 aromatic rings. The first-order chi connectivity index (χ1) is 12.0. The number of methoxy groups -OCH3 is 1. The van der Waals surface area contributed by atoms with Gasteiger partial charge in [0, 0.05) is 19.7 Å². The topological polar surface area (TPSA) is 62.5 Å². The van der Waals surface area contributed by atoms with Crippen molar-refractivity contribution in [1.82, 2.24) is 9.13 Å². The van der Waals surface area contributed by atoms with E-state index in [4.69, 9.17) is 9.47 Å². The third-order valence-electron chi connectivity index (χ3n) is 5.25. The number of benzene rings is 1. The predicted octanol–water partition coefficient (Wildman–Crippen LogP) is 2.72. The monoisotopic (exact) mass is 346 g/mol. The van der Waals surface area contributed by atoms with Gasteiger partial charge in [-0.25, -0.2) is 4.79 Å². The molecule has 0 amide bonds. The molecule has 1 aliphatic rings. The molecular weight excluding hydrogens is 320 g/mol. The molecule has 1 fully saturated rings. The molecule has 0 aliphatic heterocycles. The lowest BCUT2D eigenvalue weighted by atomic mass is 9.82. The molecule has 6 nitrogen and oxygen atoms in total. The van der Waals surface area contributed by atoms with Gasteiger partial charge in [0.1, 0.15) is 5.75 Å². The Morgan fingerprint density at radius 2 is 1.92 bits per heavy atom. The third-order valence-corrected chi connectivity index (χ3v) is 5.25. The van der Waals surface area contributed by atoms with Crippen molar-refractivity contribution in [3.63, 3.8) is 0 Å². The van der Waals surface area contributed by atoms with Crippen molar-refractivity contribution in [1.29, 1.82) is 0 Å². The summed E-state index contributed by atoms with van der Waals surface area (Å²) in [4.78, 5) is 24.3. The quantitative estimate of drug-likeness (QED) is 0.781. The minimum Gasteiger partial charge on any atom is -0.494 e. The van der Waals surface area contributed by atoms with Gasteiger partial charge in [-0.05, 0) is 50.7 Å². The van der Waals surface area contributed by atoms with Gasteiger partial charge < -0.3 is 9.47 Å². The van der Waals surface area contributed by atoms with Crippen LogP contribution in [-0.4, -0.2) is 28.8 Å². The van der Waals surface area contributed by atoms with E-state index in [9.17, 15) is 9.59 Å². The molecule has 1 saturated carbocycles. The molecule has 136 valence electrons. The number of hydrogen-bond donors (Lipinski definition) is 0. The van der Waals surface area contributed by atoms with Crippen LogP contribution in [0, 0.1) is 11.8 Å². The Kier molecular flexibility index (Phi) is 5.16. The van der Waals surface area contributed by atoms with E-state index >= 15 is 0 Å². The first-order valence-electron chi connectivity index (χ1n) is 8.95. The van der Waals surface area contributed by atoms with E-state index in [1.807, 2.05) is 29.7 Å². The number of nitrogens with zero attached hydrogens (tertiary/aromatic N) is 2. The van der Waals surface area contributed by atoms with Crippen molar-refractivity contribution in [2.24, 2.45) is 18.9 Å². The van der Waals surface area contributed by atoms with Crippen molar-refractivity contribution in [2.45, 2.75) is 39.2 Å². The average Bonchev–Trinajstić information content (AvgIpc) is 2.86. The maximum absolute atomic E-state index is 12.7. The van der Waals surface area contributed by atoms with Gasteiger partial charge in [0.25, 0.3) is 0 Å². The number of hydrogen-bond acceptors (Lipinski definition) is 4. The van der Waals surface area contributed by atoms with Crippen molar-refractivity contribution >= 4 is 17.0 Å². The molecule has 0 radical (unpaired) electrons. The highest BCUT2D eigenvalue weighted by Gasteiger charge is 2.27. The molecule has 0 atom stereocenters. The largest absolute Gasteiger partial charge is 0.494 e. The standard InChI is InChI=1S/C19H26N2O4/c1-4-25-15-9-10-16-17(11-15)21(19(23)20(16)2)12-13-5-7-14(8-6-13)18(22)24-3/h9-11,13-14H,4-8,12H2,1-3H3/t13-,14-. The van der Waals surface area contributed by atoms with Crippen LogP contribution in [0.3, 0.4) is 0 Å². The lowest BCUT2D eigenvalue weighted by molar-refractivity contribution is -0.146. The van der Waals surface area contributed by atoms with E-state index in [1.54, 1.807) is 11.6 Å². The van der Waals surface area contributed by atoms with Crippen LogP contribution in [0.15, 0.2) is 23.0 Å². The number of aryl methyl sites for hydroxylation is 1. The Morgan fingerprint density at radius 3 is 2.56 bits per heavy atom. The van der Waals surface area contributed by atoms with E-state index in [0.29, 0.717) is 19.1 Å². The van der Waals surface area contributed by atoms with Crippen LogP contribution in [0.1, 0.15) is 32.6 Å². The third kappa shape index (κ3) is 3.43. The molecule has 3 rings (SSSR count). The normalized spacial score (nSPS) is 20.6. The summed E-state index contributed by atoms with van der Waals surface area (Å²) in [5.74, 6) is 1.08. The van der Waals surface area contributed by atoms with Crippen LogP contribution in [-0.2, 0) is 23.1 Å². The molecule has 0 bridgehead atoms. The minimum absolute atomic E-state index is 0.00117. The van der Waals surface area contributed by atoms with Crippen LogP contribution < -0.4 is 10.4 Å². The maximum atomic E-state index is 12.7. The fourth-order valence-corrected chi connectivity index (χ4v) is 3.83. The second-order valence-electron chi connectivity index (χ2n) is 6.78. The molecule has 0 unspecified atom stereocenters. The zero-order chi connectivity index (χ0) is 18.0. The number of esters is 1. The summed E-state index contributed by atoms with van der Waals surface area (Å²) in [6.45, 7) is 3.22. The van der Waals surface area contributed by atoms with Crippen molar-refractivity contribution in [3.8, 4) is 5.75 Å². The molecule has 1 aromatic carbocycles. The van der Waals surface area contributed by atoms with E-state index < -0.39 is 0 Å². The highest BCUT2D eigenvalue weighted by molar-refractivity contribution is 5.77. The van der Waals surface area contributed by atoms with Gasteiger partial charge in [0.15, 0.2) is 0 Å². The number of carbonyl (C=O) groups excluding carboxylic acids is 1. The van der Waals surface area contributed by atoms with Crippen molar-refractivity contribution < 1.29 is 14.3 Å². The fraction of sp³-hybridized carbons (Fsp3) is 0.579. The summed E-state index contributed by atoms with van der Waals surface area (Å²) in [5.41, 5.74) is 1.82. The zero-order valence-corrected chi connectivity index (χ0v) is 15.2. The van der Waals surface area contributed by atoms with Crippen LogP contribution in [0.4, 0.5) is 0 Å². The first-order valence-corrected chi connectivity index (χ1v) is 8.95. The number of rotatable bonds is 5. The highest BCUT2D eigenvalue weighted by atomic mass is 16.5. The second-order valence-corrected chi connectivity index (χ2v) is 6.78. The molecular formula is C19H26N2O4.